The summed E-state index contributed by atoms with van der Waals surface area (Å²) < 4.78 is 1.49. The van der Waals surface area contributed by atoms with Crippen LogP contribution in [0.1, 0.15) is 33.1 Å². The van der Waals surface area contributed by atoms with Gasteiger partial charge < -0.3 is 5.73 Å². The number of nitrogen functional groups attached to an aromatic ring is 1. The highest BCUT2D eigenvalue weighted by Gasteiger charge is 2.17. The fourth-order valence-electron chi connectivity index (χ4n) is 2.48. The van der Waals surface area contributed by atoms with Crippen molar-refractivity contribution < 1.29 is 9.72 Å². The SMILES string of the molecule is Cc1ncc(Cn2nnc(C(=O)N/N=C/c3ccc(Cl)c([N+](=O)[O-])c3)c2C)c(N)n1. The summed E-state index contributed by atoms with van der Waals surface area (Å²) in [4.78, 5) is 30.8. The van der Waals surface area contributed by atoms with Crippen LogP contribution in [0, 0.1) is 24.0 Å². The first-order chi connectivity index (χ1) is 14.3. The molecule has 2 aromatic heterocycles. The lowest BCUT2D eigenvalue weighted by molar-refractivity contribution is -0.384. The van der Waals surface area contributed by atoms with E-state index in [1.165, 1.54) is 29.1 Å². The number of halogens is 1. The molecule has 0 radical (unpaired) electrons. The number of nitrogens with two attached hydrogens (primary N) is 1. The number of benzene rings is 1. The first kappa shape index (κ1) is 20.8. The minimum Gasteiger partial charge on any atom is -0.383 e. The molecule has 13 heteroatoms. The monoisotopic (exact) mass is 429 g/mol. The fraction of sp³-hybridized carbons (Fsp3) is 0.176. The molecule has 2 heterocycles. The molecule has 0 saturated heterocycles. The molecular weight excluding hydrogens is 414 g/mol. The topological polar surface area (TPSA) is 167 Å². The van der Waals surface area contributed by atoms with Crippen LogP contribution in [0.15, 0.2) is 29.5 Å². The number of amides is 1. The molecule has 0 bridgehead atoms. The Morgan fingerprint density at radius 2 is 2.20 bits per heavy atom. The van der Waals surface area contributed by atoms with Crippen LogP contribution in [0.4, 0.5) is 11.5 Å². The largest absolute Gasteiger partial charge is 0.383 e. The fourth-order valence-corrected chi connectivity index (χ4v) is 2.67. The quantitative estimate of drug-likeness (QED) is 0.338. The van der Waals surface area contributed by atoms with Gasteiger partial charge in [-0.2, -0.15) is 5.10 Å². The molecule has 0 aliphatic heterocycles. The van der Waals surface area contributed by atoms with Crippen molar-refractivity contribution in [3.8, 4) is 0 Å². The lowest BCUT2D eigenvalue weighted by Crippen LogP contribution is -2.19. The molecule has 12 nitrogen and oxygen atoms in total. The van der Waals surface area contributed by atoms with Crippen molar-refractivity contribution in [3.63, 3.8) is 0 Å². The molecule has 3 aromatic rings. The van der Waals surface area contributed by atoms with Crippen molar-refractivity contribution in [1.29, 1.82) is 0 Å². The highest BCUT2D eigenvalue weighted by atomic mass is 35.5. The van der Waals surface area contributed by atoms with Crippen molar-refractivity contribution in [2.24, 2.45) is 5.10 Å². The smallest absolute Gasteiger partial charge is 0.293 e. The number of aryl methyl sites for hydroxylation is 1. The number of nitro groups is 1. The molecule has 0 fully saturated rings. The Kier molecular flexibility index (Phi) is 5.97. The Bertz CT molecular complexity index is 1160. The Morgan fingerprint density at radius 3 is 2.90 bits per heavy atom. The molecule has 30 heavy (non-hydrogen) atoms. The molecule has 0 unspecified atom stereocenters. The van der Waals surface area contributed by atoms with Crippen molar-refractivity contribution in [1.82, 2.24) is 30.4 Å². The van der Waals surface area contributed by atoms with Gasteiger partial charge in [-0.25, -0.2) is 20.1 Å². The third kappa shape index (κ3) is 4.55. The van der Waals surface area contributed by atoms with E-state index < -0.39 is 10.8 Å². The van der Waals surface area contributed by atoms with Crippen LogP contribution in [0.5, 0.6) is 0 Å². The van der Waals surface area contributed by atoms with Crippen LogP contribution in [-0.2, 0) is 6.54 Å². The summed E-state index contributed by atoms with van der Waals surface area (Å²) in [7, 11) is 0. The van der Waals surface area contributed by atoms with Crippen LogP contribution >= 0.6 is 11.6 Å². The van der Waals surface area contributed by atoms with Crippen molar-refractivity contribution in [3.05, 3.63) is 67.9 Å². The molecule has 0 atom stereocenters. The van der Waals surface area contributed by atoms with Crippen LogP contribution in [0.25, 0.3) is 0 Å². The van der Waals surface area contributed by atoms with E-state index in [2.05, 4.69) is 30.8 Å². The third-order valence-electron chi connectivity index (χ3n) is 4.08. The number of rotatable bonds is 6. The molecule has 0 spiro atoms. The van der Waals surface area contributed by atoms with E-state index in [4.69, 9.17) is 17.3 Å². The number of aromatic nitrogens is 5. The summed E-state index contributed by atoms with van der Waals surface area (Å²) in [6.07, 6.45) is 2.85. The summed E-state index contributed by atoms with van der Waals surface area (Å²) in [5.41, 5.74) is 9.53. The van der Waals surface area contributed by atoms with Gasteiger partial charge >= 0.3 is 0 Å². The maximum absolute atomic E-state index is 12.3. The van der Waals surface area contributed by atoms with Gasteiger partial charge in [0.1, 0.15) is 16.7 Å². The highest BCUT2D eigenvalue weighted by molar-refractivity contribution is 6.32. The van der Waals surface area contributed by atoms with E-state index in [9.17, 15) is 14.9 Å². The first-order valence-electron chi connectivity index (χ1n) is 8.51. The predicted octanol–water partition coefficient (Wildman–Crippen LogP) is 1.64. The number of nitrogens with one attached hydrogen (secondary N) is 1. The molecule has 3 rings (SSSR count). The zero-order chi connectivity index (χ0) is 21.8. The number of hydrazone groups is 1. The average molecular weight is 430 g/mol. The van der Waals surface area contributed by atoms with Crippen LogP contribution in [-0.4, -0.2) is 42.0 Å². The maximum Gasteiger partial charge on any atom is 0.293 e. The average Bonchev–Trinajstić information content (AvgIpc) is 3.05. The van der Waals surface area contributed by atoms with E-state index in [1.807, 2.05) is 0 Å². The van der Waals surface area contributed by atoms with Gasteiger partial charge in [0.15, 0.2) is 5.69 Å². The van der Waals surface area contributed by atoms with Crippen molar-refractivity contribution in [2.75, 3.05) is 5.73 Å². The number of carbonyl (C=O) groups excluding carboxylic acids is 1. The third-order valence-corrected chi connectivity index (χ3v) is 4.40. The van der Waals surface area contributed by atoms with Gasteiger partial charge in [-0.1, -0.05) is 22.9 Å². The summed E-state index contributed by atoms with van der Waals surface area (Å²) in [6.45, 7) is 3.65. The Morgan fingerprint density at radius 1 is 1.43 bits per heavy atom. The van der Waals surface area contributed by atoms with Crippen molar-refractivity contribution in [2.45, 2.75) is 20.4 Å². The maximum atomic E-state index is 12.3. The van der Waals surface area contributed by atoms with Gasteiger partial charge in [0, 0.05) is 23.4 Å². The Hall–Kier alpha value is -3.93. The normalized spacial score (nSPS) is 11.0. The molecule has 1 amide bonds. The number of hydrogen-bond donors (Lipinski definition) is 2. The van der Waals surface area contributed by atoms with Gasteiger partial charge in [-0.15, -0.1) is 5.10 Å². The van der Waals surface area contributed by atoms with E-state index >= 15 is 0 Å². The van der Waals surface area contributed by atoms with E-state index in [0.29, 0.717) is 28.5 Å². The summed E-state index contributed by atoms with van der Waals surface area (Å²) >= 11 is 5.76. The van der Waals surface area contributed by atoms with E-state index in [1.54, 1.807) is 20.0 Å². The number of carbonyl (C=O) groups is 1. The number of hydrogen-bond acceptors (Lipinski definition) is 9. The standard InChI is InChI=1S/C17H16ClN9O3/c1-9-15(23-25-26(9)8-12-7-20-10(2)22-16(12)19)17(28)24-21-6-11-3-4-13(18)14(5-11)27(29)30/h3-7H,8H2,1-2H3,(H,24,28)(H2,19,20,22)/b21-6+. The minimum absolute atomic E-state index is 0.00744. The second-order valence-electron chi connectivity index (χ2n) is 6.18. The molecule has 0 saturated carbocycles. The van der Waals surface area contributed by atoms with Crippen LogP contribution in [0.2, 0.25) is 5.02 Å². The second kappa shape index (κ2) is 8.61. The zero-order valence-electron chi connectivity index (χ0n) is 15.9. The van der Waals surface area contributed by atoms with Gasteiger partial charge in [0.2, 0.25) is 0 Å². The molecular formula is C17H16ClN9O3. The van der Waals surface area contributed by atoms with Crippen LogP contribution in [0.3, 0.4) is 0 Å². The lowest BCUT2D eigenvalue weighted by atomic mass is 10.2. The number of nitrogens with zero attached hydrogens (tertiary/aromatic N) is 7. The summed E-state index contributed by atoms with van der Waals surface area (Å²) in [5, 5.41) is 22.6. The first-order valence-corrected chi connectivity index (χ1v) is 8.89. The Labute approximate surface area is 174 Å². The van der Waals surface area contributed by atoms with Gasteiger partial charge in [0.05, 0.1) is 23.4 Å². The Balaban J connectivity index is 1.70. The van der Waals surface area contributed by atoms with E-state index in [0.717, 1.165) is 0 Å². The summed E-state index contributed by atoms with van der Waals surface area (Å²) in [5.74, 6) is 0.284. The zero-order valence-corrected chi connectivity index (χ0v) is 16.7. The van der Waals surface area contributed by atoms with Gasteiger partial charge in [0.25, 0.3) is 11.6 Å². The van der Waals surface area contributed by atoms with Gasteiger partial charge in [-0.05, 0) is 19.9 Å². The molecule has 3 N–H and O–H groups in total. The lowest BCUT2D eigenvalue weighted by Gasteiger charge is -2.06. The molecule has 154 valence electrons. The molecule has 1 aromatic carbocycles. The van der Waals surface area contributed by atoms with Crippen LogP contribution < -0.4 is 11.2 Å². The van der Waals surface area contributed by atoms with E-state index in [-0.39, 0.29) is 22.9 Å². The minimum atomic E-state index is -0.605. The molecule has 0 aliphatic carbocycles. The van der Waals surface area contributed by atoms with Gasteiger partial charge in [-0.3, -0.25) is 14.9 Å². The number of nitro benzene ring substituents is 1. The number of anilines is 1. The predicted molar refractivity (Wildman–Crippen MR) is 108 cm³/mol. The highest BCUT2D eigenvalue weighted by Crippen LogP contribution is 2.24. The second-order valence-corrected chi connectivity index (χ2v) is 6.58. The summed E-state index contributed by atoms with van der Waals surface area (Å²) in [6, 6.07) is 4.15. The van der Waals surface area contributed by atoms with Crippen molar-refractivity contribution >= 4 is 35.2 Å². The molecule has 0 aliphatic rings.